The van der Waals surface area contributed by atoms with Gasteiger partial charge in [-0.1, -0.05) is 0 Å². The van der Waals surface area contributed by atoms with Crippen molar-refractivity contribution in [3.8, 4) is 5.75 Å². The number of ether oxygens (including phenoxy) is 1. The van der Waals surface area contributed by atoms with E-state index in [1.807, 2.05) is 24.3 Å². The number of hydrogen-bond donors (Lipinski definition) is 2. The number of rotatable bonds is 8. The van der Waals surface area contributed by atoms with Gasteiger partial charge in [0.05, 0.1) is 19.4 Å². The number of amides is 2. The lowest BCUT2D eigenvalue weighted by atomic mass is 10.1. The zero-order valence-electron chi connectivity index (χ0n) is 19.1. The second-order valence-corrected chi connectivity index (χ2v) is 8.00. The second kappa shape index (κ2) is 11.3. The maximum Gasteiger partial charge on any atom is 0.309 e. The molecule has 2 aromatic heterocycles. The summed E-state index contributed by atoms with van der Waals surface area (Å²) < 4.78 is 10.9. The Hall–Kier alpha value is -3.85. The summed E-state index contributed by atoms with van der Waals surface area (Å²) in [5.74, 6) is 0.262. The van der Waals surface area contributed by atoms with E-state index >= 15 is 0 Å². The van der Waals surface area contributed by atoms with E-state index in [2.05, 4.69) is 37.6 Å². The number of nitrogens with zero attached hydrogens (tertiary/aromatic N) is 3. The molecule has 3 heterocycles. The molecule has 34 heavy (non-hydrogen) atoms. The van der Waals surface area contributed by atoms with E-state index in [9.17, 15) is 9.59 Å². The van der Waals surface area contributed by atoms with E-state index in [1.165, 1.54) is 0 Å². The summed E-state index contributed by atoms with van der Waals surface area (Å²) in [6.07, 6.45) is 4.91. The standard InChI is InChI=1S/C25H29N5O4/c1-33-21-6-4-20(5-7-21)29-12-14-30(15-13-29)22(23-3-2-16-34-23)18-28-25(32)24(31)27-17-19-8-10-26-11-9-19/h2-11,16,22H,12-15,17-18H2,1H3,(H,27,31)(H,28,32)/t22-/m1/s1. The van der Waals surface area contributed by atoms with Crippen molar-refractivity contribution in [2.45, 2.75) is 12.6 Å². The Kier molecular flexibility index (Phi) is 7.77. The van der Waals surface area contributed by atoms with Gasteiger partial charge in [-0.05, 0) is 54.1 Å². The molecule has 1 aliphatic heterocycles. The average molecular weight is 464 g/mol. The van der Waals surface area contributed by atoms with Crippen LogP contribution in [0.5, 0.6) is 5.75 Å². The Labute approximate surface area is 198 Å². The summed E-state index contributed by atoms with van der Waals surface area (Å²) in [6.45, 7) is 3.80. The maximum atomic E-state index is 12.4. The van der Waals surface area contributed by atoms with Crippen LogP contribution in [-0.4, -0.2) is 61.5 Å². The van der Waals surface area contributed by atoms with Crippen LogP contribution in [0.25, 0.3) is 0 Å². The molecule has 0 radical (unpaired) electrons. The first-order valence-electron chi connectivity index (χ1n) is 11.3. The number of furan rings is 1. The van der Waals surface area contributed by atoms with Crippen LogP contribution < -0.4 is 20.3 Å². The molecule has 1 aliphatic rings. The third-order valence-electron chi connectivity index (χ3n) is 5.93. The summed E-state index contributed by atoms with van der Waals surface area (Å²) in [7, 11) is 1.66. The maximum absolute atomic E-state index is 12.4. The lowest BCUT2D eigenvalue weighted by molar-refractivity contribution is -0.139. The van der Waals surface area contributed by atoms with E-state index in [0.717, 1.165) is 48.9 Å². The Morgan fingerprint density at radius 3 is 2.35 bits per heavy atom. The molecule has 0 aliphatic carbocycles. The van der Waals surface area contributed by atoms with E-state index in [1.54, 1.807) is 37.9 Å². The van der Waals surface area contributed by atoms with E-state index < -0.39 is 11.8 Å². The summed E-state index contributed by atoms with van der Waals surface area (Å²) >= 11 is 0. The minimum atomic E-state index is -0.667. The van der Waals surface area contributed by atoms with Crippen LogP contribution in [0.2, 0.25) is 0 Å². The number of nitrogens with one attached hydrogen (secondary N) is 2. The minimum absolute atomic E-state index is 0.162. The van der Waals surface area contributed by atoms with Crippen molar-refractivity contribution in [1.29, 1.82) is 0 Å². The zero-order chi connectivity index (χ0) is 23.8. The van der Waals surface area contributed by atoms with Crippen LogP contribution in [0.3, 0.4) is 0 Å². The zero-order valence-corrected chi connectivity index (χ0v) is 19.1. The van der Waals surface area contributed by atoms with E-state index in [0.29, 0.717) is 0 Å². The molecule has 2 amide bonds. The number of hydrogen-bond acceptors (Lipinski definition) is 7. The summed E-state index contributed by atoms with van der Waals surface area (Å²) in [6, 6.07) is 15.2. The van der Waals surface area contributed by atoms with Gasteiger partial charge >= 0.3 is 11.8 Å². The highest BCUT2D eigenvalue weighted by molar-refractivity contribution is 6.35. The topological polar surface area (TPSA) is 99.9 Å². The normalized spacial score (nSPS) is 14.9. The van der Waals surface area contributed by atoms with Crippen molar-refractivity contribution in [2.75, 3.05) is 44.7 Å². The van der Waals surface area contributed by atoms with Gasteiger partial charge in [0.2, 0.25) is 0 Å². The first kappa shape index (κ1) is 23.3. The molecular weight excluding hydrogens is 434 g/mol. The minimum Gasteiger partial charge on any atom is -0.497 e. The lowest BCUT2D eigenvalue weighted by Crippen LogP contribution is -2.50. The first-order valence-corrected chi connectivity index (χ1v) is 11.3. The number of pyridine rings is 1. The number of methoxy groups -OCH3 is 1. The van der Waals surface area contributed by atoms with Crippen molar-refractivity contribution < 1.29 is 18.7 Å². The van der Waals surface area contributed by atoms with Crippen LogP contribution >= 0.6 is 0 Å². The Balaban J connectivity index is 1.31. The molecule has 0 bridgehead atoms. The smallest absolute Gasteiger partial charge is 0.309 e. The van der Waals surface area contributed by atoms with Crippen LogP contribution in [0.1, 0.15) is 17.4 Å². The van der Waals surface area contributed by atoms with Crippen LogP contribution in [0.15, 0.2) is 71.6 Å². The molecule has 1 aromatic carbocycles. The molecule has 3 aromatic rings. The number of carbonyl (C=O) groups is 2. The van der Waals surface area contributed by atoms with Gasteiger partial charge < -0.3 is 24.7 Å². The molecule has 1 atom stereocenters. The highest BCUT2D eigenvalue weighted by Crippen LogP contribution is 2.25. The predicted molar refractivity (Wildman–Crippen MR) is 127 cm³/mol. The van der Waals surface area contributed by atoms with Crippen molar-refractivity contribution >= 4 is 17.5 Å². The van der Waals surface area contributed by atoms with E-state index in [4.69, 9.17) is 9.15 Å². The van der Waals surface area contributed by atoms with Crippen molar-refractivity contribution in [1.82, 2.24) is 20.5 Å². The molecule has 178 valence electrons. The van der Waals surface area contributed by atoms with Gasteiger partial charge in [0, 0.05) is 57.3 Å². The molecule has 0 saturated carbocycles. The molecule has 1 saturated heterocycles. The van der Waals surface area contributed by atoms with Gasteiger partial charge in [0.25, 0.3) is 0 Å². The highest BCUT2D eigenvalue weighted by Gasteiger charge is 2.28. The number of anilines is 1. The van der Waals surface area contributed by atoms with Crippen molar-refractivity contribution in [3.63, 3.8) is 0 Å². The van der Waals surface area contributed by atoms with Gasteiger partial charge in [-0.2, -0.15) is 0 Å². The quantitative estimate of drug-likeness (QED) is 0.493. The first-order chi connectivity index (χ1) is 16.6. The summed E-state index contributed by atoms with van der Waals surface area (Å²) in [5, 5.41) is 5.40. The Morgan fingerprint density at radius 1 is 1.00 bits per heavy atom. The van der Waals surface area contributed by atoms with Crippen LogP contribution in [-0.2, 0) is 16.1 Å². The molecule has 9 heteroatoms. The molecule has 2 N–H and O–H groups in total. The molecule has 0 spiro atoms. The molecule has 9 nitrogen and oxygen atoms in total. The van der Waals surface area contributed by atoms with Gasteiger partial charge in [-0.15, -0.1) is 0 Å². The molecule has 4 rings (SSSR count). The predicted octanol–water partition coefficient (Wildman–Crippen LogP) is 1.98. The molecule has 0 unspecified atom stereocenters. The van der Waals surface area contributed by atoms with Crippen LogP contribution in [0.4, 0.5) is 5.69 Å². The summed E-state index contributed by atoms with van der Waals surface area (Å²) in [5.41, 5.74) is 2.02. The number of aromatic nitrogens is 1. The third-order valence-corrected chi connectivity index (χ3v) is 5.93. The van der Waals surface area contributed by atoms with Crippen molar-refractivity contribution in [2.24, 2.45) is 0 Å². The van der Waals surface area contributed by atoms with Gasteiger partial charge in [-0.3, -0.25) is 19.5 Å². The fourth-order valence-electron chi connectivity index (χ4n) is 4.01. The monoisotopic (exact) mass is 463 g/mol. The Bertz CT molecular complexity index is 1050. The van der Waals surface area contributed by atoms with Gasteiger partial charge in [-0.25, -0.2) is 0 Å². The van der Waals surface area contributed by atoms with Gasteiger partial charge in [0.15, 0.2) is 0 Å². The van der Waals surface area contributed by atoms with E-state index in [-0.39, 0.29) is 19.1 Å². The van der Waals surface area contributed by atoms with Gasteiger partial charge in [0.1, 0.15) is 11.5 Å². The fourth-order valence-corrected chi connectivity index (χ4v) is 4.01. The lowest BCUT2D eigenvalue weighted by Gasteiger charge is -2.39. The second-order valence-electron chi connectivity index (χ2n) is 8.00. The molecule has 1 fully saturated rings. The average Bonchev–Trinajstić information content (AvgIpc) is 3.43. The Morgan fingerprint density at radius 2 is 1.71 bits per heavy atom. The largest absolute Gasteiger partial charge is 0.497 e. The van der Waals surface area contributed by atoms with Crippen LogP contribution in [0, 0.1) is 0 Å². The SMILES string of the molecule is COc1ccc(N2CCN([C@H](CNC(=O)C(=O)NCc3ccncc3)c3ccco3)CC2)cc1. The number of piperazine rings is 1. The number of carbonyl (C=O) groups excluding carboxylic acids is 2. The summed E-state index contributed by atoms with van der Waals surface area (Å²) in [4.78, 5) is 33.2. The fraction of sp³-hybridized carbons (Fsp3) is 0.320. The third kappa shape index (κ3) is 5.93. The van der Waals surface area contributed by atoms with Crippen molar-refractivity contribution in [3.05, 3.63) is 78.5 Å². The highest BCUT2D eigenvalue weighted by atomic mass is 16.5. The number of benzene rings is 1. The molecular formula is C25H29N5O4.